The topological polar surface area (TPSA) is 73.8 Å². The number of carbonyl (C=O) groups is 1. The van der Waals surface area contributed by atoms with Crippen LogP contribution in [-0.2, 0) is 10.0 Å². The third-order valence-electron chi connectivity index (χ3n) is 5.12. The van der Waals surface area contributed by atoms with E-state index in [0.29, 0.717) is 37.0 Å². The molecule has 1 aliphatic rings. The molecule has 2 heterocycles. The summed E-state index contributed by atoms with van der Waals surface area (Å²) in [6.45, 7) is 5.70. The Hall–Kier alpha value is -2.23. The molecule has 0 N–H and O–H groups in total. The fraction of sp³-hybridized carbons (Fsp3) is 0.400. The number of hydrogen-bond donors (Lipinski definition) is 0. The molecule has 2 aromatic rings. The average molecular weight is 455 g/mol. The lowest BCUT2D eigenvalue weighted by Crippen LogP contribution is -2.49. The summed E-state index contributed by atoms with van der Waals surface area (Å²) in [7, 11) is -3.79. The highest BCUT2D eigenvalue weighted by molar-refractivity contribution is 7.89. The van der Waals surface area contributed by atoms with Crippen molar-refractivity contribution in [1.82, 2.24) is 14.2 Å². The minimum absolute atomic E-state index is 0.0881. The molecule has 0 spiro atoms. The highest BCUT2D eigenvalue weighted by atomic mass is 35.5. The number of sulfonamides is 1. The van der Waals surface area contributed by atoms with Crippen LogP contribution in [0.3, 0.4) is 0 Å². The molecular formula is C20H24ClFN4O3S. The van der Waals surface area contributed by atoms with Gasteiger partial charge in [-0.15, -0.1) is 0 Å². The monoisotopic (exact) mass is 454 g/mol. The van der Waals surface area contributed by atoms with Crippen molar-refractivity contribution in [3.8, 4) is 0 Å². The summed E-state index contributed by atoms with van der Waals surface area (Å²) >= 11 is 6.19. The molecule has 0 atom stereocenters. The van der Waals surface area contributed by atoms with Gasteiger partial charge in [-0.3, -0.25) is 4.79 Å². The minimum atomic E-state index is -3.79. The van der Waals surface area contributed by atoms with Crippen molar-refractivity contribution < 1.29 is 17.6 Å². The second kappa shape index (κ2) is 9.28. The summed E-state index contributed by atoms with van der Waals surface area (Å²) in [5.74, 6) is -0.630. The molecule has 0 bridgehead atoms. The number of hydrogen-bond acceptors (Lipinski definition) is 5. The van der Waals surface area contributed by atoms with E-state index in [1.54, 1.807) is 32.2 Å². The van der Waals surface area contributed by atoms with E-state index in [1.807, 2.05) is 4.90 Å². The van der Waals surface area contributed by atoms with Gasteiger partial charge >= 0.3 is 0 Å². The van der Waals surface area contributed by atoms with Crippen LogP contribution in [0.2, 0.25) is 5.02 Å². The number of amides is 1. The number of carbonyl (C=O) groups excluding carboxylic acids is 1. The molecule has 1 aromatic carbocycles. The third-order valence-corrected chi connectivity index (χ3v) is 7.46. The number of aromatic nitrogens is 1. The number of nitrogens with zero attached hydrogens (tertiary/aromatic N) is 4. The van der Waals surface area contributed by atoms with Crippen molar-refractivity contribution in [2.75, 3.05) is 44.2 Å². The highest BCUT2D eigenvalue weighted by Gasteiger charge is 2.28. The van der Waals surface area contributed by atoms with Gasteiger partial charge in [0, 0.05) is 45.5 Å². The Morgan fingerprint density at radius 1 is 1.17 bits per heavy atom. The number of piperazine rings is 1. The van der Waals surface area contributed by atoms with Crippen molar-refractivity contribution in [1.29, 1.82) is 0 Å². The van der Waals surface area contributed by atoms with Crippen molar-refractivity contribution in [3.63, 3.8) is 0 Å². The van der Waals surface area contributed by atoms with E-state index in [0.717, 1.165) is 12.1 Å². The molecule has 1 fully saturated rings. The maximum atomic E-state index is 14.4. The van der Waals surface area contributed by atoms with Crippen molar-refractivity contribution >= 4 is 33.3 Å². The lowest BCUT2D eigenvalue weighted by Gasteiger charge is -2.35. The standard InChI is InChI=1S/C20H24ClFN4O3S/c1-3-26(4-2)30(28,29)15-7-8-18(22)16(14-15)20(27)25-12-10-24(11-13-25)19-17(21)6-5-9-23-19/h5-9,14H,3-4,10-13H2,1-2H3. The quantitative estimate of drug-likeness (QED) is 0.671. The highest BCUT2D eigenvalue weighted by Crippen LogP contribution is 2.25. The minimum Gasteiger partial charge on any atom is -0.352 e. The largest absolute Gasteiger partial charge is 0.352 e. The Bertz CT molecular complexity index is 1020. The van der Waals surface area contributed by atoms with Gasteiger partial charge in [0.25, 0.3) is 5.91 Å². The Morgan fingerprint density at radius 2 is 1.83 bits per heavy atom. The summed E-state index contributed by atoms with van der Waals surface area (Å²) < 4.78 is 41.2. The molecule has 30 heavy (non-hydrogen) atoms. The van der Waals surface area contributed by atoms with Gasteiger partial charge in [0.15, 0.2) is 0 Å². The summed E-state index contributed by atoms with van der Waals surface area (Å²) in [4.78, 5) is 20.6. The molecule has 1 amide bonds. The maximum absolute atomic E-state index is 14.4. The zero-order chi connectivity index (χ0) is 21.9. The zero-order valence-corrected chi connectivity index (χ0v) is 18.5. The molecule has 10 heteroatoms. The first-order chi connectivity index (χ1) is 14.3. The van der Waals surface area contributed by atoms with Gasteiger partial charge in [0.1, 0.15) is 11.6 Å². The summed E-state index contributed by atoms with van der Waals surface area (Å²) in [6, 6.07) is 6.86. The number of benzene rings is 1. The fourth-order valence-electron chi connectivity index (χ4n) is 3.44. The first-order valence-electron chi connectivity index (χ1n) is 9.74. The molecule has 0 unspecified atom stereocenters. The molecule has 7 nitrogen and oxygen atoms in total. The summed E-state index contributed by atoms with van der Waals surface area (Å²) in [5.41, 5.74) is -0.243. The van der Waals surface area contributed by atoms with E-state index in [1.165, 1.54) is 15.3 Å². The zero-order valence-electron chi connectivity index (χ0n) is 16.9. The number of halogens is 2. The van der Waals surface area contributed by atoms with Crippen LogP contribution in [0.25, 0.3) is 0 Å². The van der Waals surface area contributed by atoms with Gasteiger partial charge in [-0.1, -0.05) is 25.4 Å². The van der Waals surface area contributed by atoms with E-state index in [4.69, 9.17) is 11.6 Å². The predicted molar refractivity (Wildman–Crippen MR) is 114 cm³/mol. The third kappa shape index (κ3) is 4.43. The van der Waals surface area contributed by atoms with Gasteiger partial charge in [-0.05, 0) is 30.3 Å². The van der Waals surface area contributed by atoms with Gasteiger partial charge in [-0.25, -0.2) is 17.8 Å². The second-order valence-corrected chi connectivity index (χ2v) is 9.16. The van der Waals surface area contributed by atoms with E-state index in [2.05, 4.69) is 4.98 Å². The van der Waals surface area contributed by atoms with Gasteiger partial charge in [0.05, 0.1) is 15.5 Å². The van der Waals surface area contributed by atoms with Crippen LogP contribution >= 0.6 is 11.6 Å². The van der Waals surface area contributed by atoms with E-state index >= 15 is 0 Å². The molecule has 1 aromatic heterocycles. The first kappa shape index (κ1) is 22.5. The average Bonchev–Trinajstić information content (AvgIpc) is 2.74. The van der Waals surface area contributed by atoms with Crippen LogP contribution in [0.15, 0.2) is 41.4 Å². The van der Waals surface area contributed by atoms with Crippen LogP contribution in [0.1, 0.15) is 24.2 Å². The Kier molecular flexibility index (Phi) is 6.95. The van der Waals surface area contributed by atoms with E-state index < -0.39 is 21.7 Å². The van der Waals surface area contributed by atoms with Crippen molar-refractivity contribution in [2.24, 2.45) is 0 Å². The number of pyridine rings is 1. The van der Waals surface area contributed by atoms with Crippen LogP contribution in [-0.4, -0.2) is 67.8 Å². The molecule has 1 saturated heterocycles. The molecule has 0 saturated carbocycles. The van der Waals surface area contributed by atoms with Gasteiger partial charge in [0.2, 0.25) is 10.0 Å². The molecule has 3 rings (SSSR count). The molecule has 0 aliphatic carbocycles. The lowest BCUT2D eigenvalue weighted by atomic mass is 10.1. The smallest absolute Gasteiger partial charge is 0.256 e. The van der Waals surface area contributed by atoms with Crippen LogP contribution in [0.5, 0.6) is 0 Å². The molecule has 1 aliphatic heterocycles. The SMILES string of the molecule is CCN(CC)S(=O)(=O)c1ccc(F)c(C(=O)N2CCN(c3ncccc3Cl)CC2)c1. The first-order valence-corrected chi connectivity index (χ1v) is 11.6. The van der Waals surface area contributed by atoms with Crippen molar-refractivity contribution in [3.05, 3.63) is 52.9 Å². The fourth-order valence-corrected chi connectivity index (χ4v) is 5.17. The Balaban J connectivity index is 1.79. The van der Waals surface area contributed by atoms with Gasteiger partial charge < -0.3 is 9.80 Å². The predicted octanol–water partition coefficient (Wildman–Crippen LogP) is 2.87. The summed E-state index contributed by atoms with van der Waals surface area (Å²) in [5, 5.41) is 0.526. The molecule has 162 valence electrons. The normalized spacial score (nSPS) is 15.0. The van der Waals surface area contributed by atoms with Crippen LogP contribution < -0.4 is 4.90 Å². The summed E-state index contributed by atoms with van der Waals surface area (Å²) in [6.07, 6.45) is 1.65. The lowest BCUT2D eigenvalue weighted by molar-refractivity contribution is 0.0741. The molecular weight excluding hydrogens is 431 g/mol. The molecule has 0 radical (unpaired) electrons. The van der Waals surface area contributed by atoms with Crippen LogP contribution in [0.4, 0.5) is 10.2 Å². The van der Waals surface area contributed by atoms with E-state index in [9.17, 15) is 17.6 Å². The maximum Gasteiger partial charge on any atom is 0.256 e. The van der Waals surface area contributed by atoms with E-state index in [-0.39, 0.29) is 23.5 Å². The number of rotatable bonds is 6. The number of anilines is 1. The Morgan fingerprint density at radius 3 is 2.43 bits per heavy atom. The second-order valence-electron chi connectivity index (χ2n) is 6.82. The van der Waals surface area contributed by atoms with Crippen molar-refractivity contribution in [2.45, 2.75) is 18.7 Å². The van der Waals surface area contributed by atoms with Crippen LogP contribution in [0, 0.1) is 5.82 Å². The van der Waals surface area contributed by atoms with Gasteiger partial charge in [-0.2, -0.15) is 4.31 Å². The Labute approximate surface area is 181 Å².